The highest BCUT2D eigenvalue weighted by molar-refractivity contribution is 5.94. The van der Waals surface area contributed by atoms with Gasteiger partial charge in [0.2, 0.25) is 0 Å². The molecule has 1 rings (SSSR count). The fraction of sp³-hybridized carbons (Fsp3) is 0.500. The molecule has 0 saturated carbocycles. The van der Waals surface area contributed by atoms with Crippen molar-refractivity contribution in [1.29, 1.82) is 0 Å². The van der Waals surface area contributed by atoms with Gasteiger partial charge in [-0.3, -0.25) is 4.79 Å². The number of benzene rings is 1. The van der Waals surface area contributed by atoms with E-state index < -0.39 is 0 Å². The number of carbonyl (C=O) groups excluding carboxylic acids is 1. The van der Waals surface area contributed by atoms with Crippen LogP contribution in [0.3, 0.4) is 0 Å². The minimum atomic E-state index is 0.0208. The van der Waals surface area contributed by atoms with E-state index in [1.54, 1.807) is 0 Å². The molecule has 2 heteroatoms. The topological polar surface area (TPSA) is 29.1 Å². The lowest BCUT2D eigenvalue weighted by Crippen LogP contribution is -2.24. The van der Waals surface area contributed by atoms with Gasteiger partial charge in [0.1, 0.15) is 0 Å². The Labute approximate surface area is 123 Å². The maximum Gasteiger partial charge on any atom is 0.251 e. The standard InChI is InChI=1S/C18H27NO/c1-5-6-7-14-19-17(20)16-10-8-15(9-11-16)12-13-18(2,3)4/h8-13H,5-7,14H2,1-4H3,(H,19,20). The largest absolute Gasteiger partial charge is 0.352 e. The highest BCUT2D eigenvalue weighted by Gasteiger charge is 2.05. The maximum absolute atomic E-state index is 11.9. The summed E-state index contributed by atoms with van der Waals surface area (Å²) in [5, 5.41) is 2.95. The van der Waals surface area contributed by atoms with E-state index in [2.05, 4.69) is 45.2 Å². The van der Waals surface area contributed by atoms with Gasteiger partial charge < -0.3 is 5.32 Å². The number of carbonyl (C=O) groups is 1. The van der Waals surface area contributed by atoms with Gasteiger partial charge >= 0.3 is 0 Å². The molecule has 0 aromatic heterocycles. The molecule has 0 aliphatic carbocycles. The minimum absolute atomic E-state index is 0.0208. The fourth-order valence-corrected chi connectivity index (χ4v) is 1.77. The molecule has 0 heterocycles. The van der Waals surface area contributed by atoms with E-state index in [0.29, 0.717) is 0 Å². The summed E-state index contributed by atoms with van der Waals surface area (Å²) in [5.74, 6) is 0.0208. The Morgan fingerprint density at radius 1 is 1.15 bits per heavy atom. The van der Waals surface area contributed by atoms with Crippen molar-refractivity contribution >= 4 is 12.0 Å². The normalized spacial score (nSPS) is 11.8. The van der Waals surface area contributed by atoms with Crippen LogP contribution in [0.2, 0.25) is 0 Å². The van der Waals surface area contributed by atoms with Crippen LogP contribution in [-0.2, 0) is 0 Å². The molecule has 0 unspecified atom stereocenters. The summed E-state index contributed by atoms with van der Waals surface area (Å²) in [7, 11) is 0. The third-order valence-corrected chi connectivity index (χ3v) is 3.01. The van der Waals surface area contributed by atoms with E-state index in [1.807, 2.05) is 24.3 Å². The summed E-state index contributed by atoms with van der Waals surface area (Å²) in [6.07, 6.45) is 7.66. The molecule has 0 radical (unpaired) electrons. The zero-order valence-corrected chi connectivity index (χ0v) is 13.2. The number of allylic oxidation sites excluding steroid dienone is 1. The van der Waals surface area contributed by atoms with Crippen LogP contribution in [0.15, 0.2) is 30.3 Å². The Balaban J connectivity index is 2.53. The molecule has 1 aromatic rings. The first-order valence-electron chi connectivity index (χ1n) is 7.50. The maximum atomic E-state index is 11.9. The van der Waals surface area contributed by atoms with Crippen LogP contribution in [0.5, 0.6) is 0 Å². The number of hydrogen-bond acceptors (Lipinski definition) is 1. The van der Waals surface area contributed by atoms with E-state index in [9.17, 15) is 4.79 Å². The minimum Gasteiger partial charge on any atom is -0.352 e. The van der Waals surface area contributed by atoms with Crippen molar-refractivity contribution in [2.24, 2.45) is 5.41 Å². The van der Waals surface area contributed by atoms with Crippen LogP contribution in [0.4, 0.5) is 0 Å². The summed E-state index contributed by atoms with van der Waals surface area (Å²) >= 11 is 0. The third-order valence-electron chi connectivity index (χ3n) is 3.01. The first-order chi connectivity index (χ1) is 9.42. The van der Waals surface area contributed by atoms with Crippen molar-refractivity contribution in [3.8, 4) is 0 Å². The summed E-state index contributed by atoms with van der Waals surface area (Å²) in [4.78, 5) is 11.9. The highest BCUT2D eigenvalue weighted by atomic mass is 16.1. The van der Waals surface area contributed by atoms with Crippen molar-refractivity contribution in [2.45, 2.75) is 47.0 Å². The number of amides is 1. The van der Waals surface area contributed by atoms with Gasteiger partial charge in [0, 0.05) is 12.1 Å². The van der Waals surface area contributed by atoms with Gasteiger partial charge in [0.05, 0.1) is 0 Å². The van der Waals surface area contributed by atoms with Crippen LogP contribution < -0.4 is 5.32 Å². The predicted molar refractivity (Wildman–Crippen MR) is 86.8 cm³/mol. The Kier molecular flexibility index (Phi) is 6.50. The first-order valence-corrected chi connectivity index (χ1v) is 7.50. The van der Waals surface area contributed by atoms with Gasteiger partial charge in [0.15, 0.2) is 0 Å². The number of rotatable bonds is 6. The zero-order valence-electron chi connectivity index (χ0n) is 13.2. The first kappa shape index (κ1) is 16.5. The zero-order chi connectivity index (χ0) is 15.0. The van der Waals surface area contributed by atoms with Crippen molar-refractivity contribution < 1.29 is 4.79 Å². The molecule has 1 aromatic carbocycles. The average Bonchev–Trinajstić information content (AvgIpc) is 2.41. The quantitative estimate of drug-likeness (QED) is 0.750. The molecule has 0 atom stereocenters. The molecule has 1 N–H and O–H groups in total. The molecule has 0 saturated heterocycles. The Bertz CT molecular complexity index is 437. The van der Waals surface area contributed by atoms with Crippen LogP contribution in [0.25, 0.3) is 6.08 Å². The molecule has 0 spiro atoms. The van der Waals surface area contributed by atoms with Gasteiger partial charge in [-0.15, -0.1) is 0 Å². The second-order valence-electron chi connectivity index (χ2n) is 6.28. The summed E-state index contributed by atoms with van der Waals surface area (Å²) in [5.41, 5.74) is 2.03. The molecule has 0 aliphatic heterocycles. The van der Waals surface area contributed by atoms with Gasteiger partial charge in [-0.1, -0.05) is 64.8 Å². The summed E-state index contributed by atoms with van der Waals surface area (Å²) < 4.78 is 0. The molecule has 0 aliphatic rings. The highest BCUT2D eigenvalue weighted by Crippen LogP contribution is 2.17. The third kappa shape index (κ3) is 6.55. The molecular formula is C18H27NO. The van der Waals surface area contributed by atoms with Gasteiger partial charge in [-0.05, 0) is 29.5 Å². The van der Waals surface area contributed by atoms with E-state index >= 15 is 0 Å². The Morgan fingerprint density at radius 3 is 2.35 bits per heavy atom. The lowest BCUT2D eigenvalue weighted by Gasteiger charge is -2.11. The van der Waals surface area contributed by atoms with Crippen molar-refractivity contribution in [3.05, 3.63) is 41.5 Å². The summed E-state index contributed by atoms with van der Waals surface area (Å²) in [6, 6.07) is 7.75. The number of unbranched alkanes of at least 4 members (excludes halogenated alkanes) is 2. The van der Waals surface area contributed by atoms with Crippen molar-refractivity contribution in [3.63, 3.8) is 0 Å². The van der Waals surface area contributed by atoms with E-state index in [4.69, 9.17) is 0 Å². The molecule has 0 fully saturated rings. The van der Waals surface area contributed by atoms with Crippen molar-refractivity contribution in [2.75, 3.05) is 6.54 Å². The second kappa shape index (κ2) is 7.88. The van der Waals surface area contributed by atoms with E-state index in [1.165, 1.54) is 6.42 Å². The van der Waals surface area contributed by atoms with Crippen LogP contribution in [0, 0.1) is 5.41 Å². The average molecular weight is 273 g/mol. The molecule has 0 bridgehead atoms. The Morgan fingerprint density at radius 2 is 1.80 bits per heavy atom. The predicted octanol–water partition coefficient (Wildman–Crippen LogP) is 4.67. The number of nitrogens with one attached hydrogen (secondary N) is 1. The summed E-state index contributed by atoms with van der Waals surface area (Å²) in [6.45, 7) is 9.43. The van der Waals surface area contributed by atoms with E-state index in [-0.39, 0.29) is 11.3 Å². The lowest BCUT2D eigenvalue weighted by atomic mass is 9.95. The van der Waals surface area contributed by atoms with Gasteiger partial charge in [-0.2, -0.15) is 0 Å². The smallest absolute Gasteiger partial charge is 0.251 e. The fourth-order valence-electron chi connectivity index (χ4n) is 1.77. The van der Waals surface area contributed by atoms with Crippen LogP contribution >= 0.6 is 0 Å². The van der Waals surface area contributed by atoms with Gasteiger partial charge in [-0.25, -0.2) is 0 Å². The monoisotopic (exact) mass is 273 g/mol. The van der Waals surface area contributed by atoms with E-state index in [0.717, 1.165) is 30.5 Å². The molecular weight excluding hydrogens is 246 g/mol. The van der Waals surface area contributed by atoms with Crippen molar-refractivity contribution in [1.82, 2.24) is 5.32 Å². The second-order valence-corrected chi connectivity index (χ2v) is 6.28. The number of hydrogen-bond donors (Lipinski definition) is 1. The van der Waals surface area contributed by atoms with Gasteiger partial charge in [0.25, 0.3) is 5.91 Å². The SMILES string of the molecule is CCCCCNC(=O)c1ccc(C=CC(C)(C)C)cc1. The lowest BCUT2D eigenvalue weighted by molar-refractivity contribution is 0.0953. The van der Waals surface area contributed by atoms with Crippen LogP contribution in [0.1, 0.15) is 62.9 Å². The Hall–Kier alpha value is -1.57. The molecule has 1 amide bonds. The molecule has 20 heavy (non-hydrogen) atoms. The molecule has 2 nitrogen and oxygen atoms in total. The molecule has 110 valence electrons. The van der Waals surface area contributed by atoms with Crippen LogP contribution in [-0.4, -0.2) is 12.5 Å².